The first-order valence-corrected chi connectivity index (χ1v) is 8.49. The Labute approximate surface area is 147 Å². The average Bonchev–Trinajstić information content (AvgIpc) is 3.02. The van der Waals surface area contributed by atoms with Crippen molar-refractivity contribution in [2.75, 3.05) is 49.6 Å². The van der Waals surface area contributed by atoms with Gasteiger partial charge in [0.1, 0.15) is 0 Å². The number of piperazine rings is 1. The summed E-state index contributed by atoms with van der Waals surface area (Å²) in [5.41, 5.74) is 1.78. The number of nitrogens with zero attached hydrogens (tertiary/aromatic N) is 3. The van der Waals surface area contributed by atoms with E-state index in [4.69, 9.17) is 4.74 Å². The molecule has 25 heavy (non-hydrogen) atoms. The molecule has 1 atom stereocenters. The van der Waals surface area contributed by atoms with Crippen molar-refractivity contribution in [3.63, 3.8) is 0 Å². The molecular weight excluding hydrogens is 322 g/mol. The summed E-state index contributed by atoms with van der Waals surface area (Å²) in [5, 5.41) is 0. The van der Waals surface area contributed by atoms with E-state index in [9.17, 15) is 14.4 Å². The number of methoxy groups -OCH3 is 1. The van der Waals surface area contributed by atoms with Crippen LogP contribution in [0.2, 0.25) is 0 Å². The largest absolute Gasteiger partial charge is 0.469 e. The van der Waals surface area contributed by atoms with Gasteiger partial charge < -0.3 is 19.4 Å². The first-order chi connectivity index (χ1) is 12.0. The van der Waals surface area contributed by atoms with Gasteiger partial charge in [0.15, 0.2) is 0 Å². The topological polar surface area (TPSA) is 70.2 Å². The molecule has 2 aliphatic heterocycles. The number of ether oxygens (including phenoxy) is 1. The molecule has 0 aliphatic carbocycles. The Morgan fingerprint density at radius 1 is 1.08 bits per heavy atom. The van der Waals surface area contributed by atoms with Gasteiger partial charge in [0.2, 0.25) is 11.8 Å². The van der Waals surface area contributed by atoms with E-state index < -0.39 is 5.92 Å². The standard InChI is InChI=1S/C18H23N3O4/c1-13(22)19-7-9-20(10-8-19)15-5-3-4-6-16(15)21-12-14(11-17(21)23)18(24)25-2/h3-6,14H,7-12H2,1-2H3/t14-/m1/s1. The van der Waals surface area contributed by atoms with Crippen LogP contribution in [0.1, 0.15) is 13.3 Å². The summed E-state index contributed by atoms with van der Waals surface area (Å²) < 4.78 is 4.78. The fourth-order valence-electron chi connectivity index (χ4n) is 3.49. The number of carbonyl (C=O) groups is 3. The third kappa shape index (κ3) is 3.45. The van der Waals surface area contributed by atoms with Crippen molar-refractivity contribution in [1.82, 2.24) is 4.90 Å². The lowest BCUT2D eigenvalue weighted by Gasteiger charge is -2.37. The lowest BCUT2D eigenvalue weighted by atomic mass is 10.1. The van der Waals surface area contributed by atoms with Crippen LogP contribution in [0.5, 0.6) is 0 Å². The number of esters is 1. The number of carbonyl (C=O) groups excluding carboxylic acids is 3. The van der Waals surface area contributed by atoms with Gasteiger partial charge in [0.05, 0.1) is 24.4 Å². The van der Waals surface area contributed by atoms with E-state index in [-0.39, 0.29) is 24.2 Å². The lowest BCUT2D eigenvalue weighted by molar-refractivity contribution is -0.145. The third-order valence-corrected chi connectivity index (χ3v) is 4.90. The third-order valence-electron chi connectivity index (χ3n) is 4.90. The molecule has 0 radical (unpaired) electrons. The van der Waals surface area contributed by atoms with Gasteiger partial charge in [0, 0.05) is 46.1 Å². The second-order valence-corrected chi connectivity index (χ2v) is 6.41. The Morgan fingerprint density at radius 2 is 1.72 bits per heavy atom. The van der Waals surface area contributed by atoms with E-state index in [2.05, 4.69) is 4.90 Å². The maximum atomic E-state index is 12.4. The first kappa shape index (κ1) is 17.3. The Bertz CT molecular complexity index is 683. The van der Waals surface area contributed by atoms with Crippen molar-refractivity contribution in [1.29, 1.82) is 0 Å². The summed E-state index contributed by atoms with van der Waals surface area (Å²) in [6, 6.07) is 7.72. The summed E-state index contributed by atoms with van der Waals surface area (Å²) in [4.78, 5) is 41.4. The Balaban J connectivity index is 1.79. The minimum atomic E-state index is -0.417. The van der Waals surface area contributed by atoms with E-state index in [1.165, 1.54) is 7.11 Å². The number of para-hydroxylation sites is 2. The Morgan fingerprint density at radius 3 is 2.32 bits per heavy atom. The molecule has 0 saturated carbocycles. The van der Waals surface area contributed by atoms with Gasteiger partial charge >= 0.3 is 5.97 Å². The van der Waals surface area contributed by atoms with Crippen LogP contribution in [-0.2, 0) is 19.1 Å². The molecule has 2 fully saturated rings. The molecule has 7 nitrogen and oxygen atoms in total. The van der Waals surface area contributed by atoms with E-state index >= 15 is 0 Å². The molecule has 3 rings (SSSR count). The molecule has 0 N–H and O–H groups in total. The van der Waals surface area contributed by atoms with Crippen LogP contribution in [0.4, 0.5) is 11.4 Å². The molecule has 2 aliphatic rings. The molecule has 2 amide bonds. The lowest BCUT2D eigenvalue weighted by Crippen LogP contribution is -2.48. The highest BCUT2D eigenvalue weighted by molar-refractivity contribution is 6.01. The van der Waals surface area contributed by atoms with Crippen molar-refractivity contribution in [3.05, 3.63) is 24.3 Å². The van der Waals surface area contributed by atoms with Gasteiger partial charge in [-0.25, -0.2) is 0 Å². The van der Waals surface area contributed by atoms with Crippen molar-refractivity contribution < 1.29 is 19.1 Å². The fraction of sp³-hybridized carbons (Fsp3) is 0.500. The van der Waals surface area contributed by atoms with Crippen LogP contribution in [-0.4, -0.2) is 62.5 Å². The summed E-state index contributed by atoms with van der Waals surface area (Å²) in [7, 11) is 1.35. The maximum absolute atomic E-state index is 12.4. The van der Waals surface area contributed by atoms with E-state index in [0.29, 0.717) is 19.6 Å². The molecule has 0 unspecified atom stereocenters. The fourth-order valence-corrected chi connectivity index (χ4v) is 3.49. The summed E-state index contributed by atoms with van der Waals surface area (Å²) >= 11 is 0. The number of rotatable bonds is 3. The van der Waals surface area contributed by atoms with E-state index in [0.717, 1.165) is 24.5 Å². The van der Waals surface area contributed by atoms with Gasteiger partial charge in [-0.3, -0.25) is 14.4 Å². The Hall–Kier alpha value is -2.57. The monoisotopic (exact) mass is 345 g/mol. The molecule has 2 saturated heterocycles. The predicted molar refractivity (Wildman–Crippen MR) is 93.4 cm³/mol. The smallest absolute Gasteiger partial charge is 0.311 e. The minimum Gasteiger partial charge on any atom is -0.469 e. The second-order valence-electron chi connectivity index (χ2n) is 6.41. The number of hydrogen-bond acceptors (Lipinski definition) is 5. The normalized spacial score (nSPS) is 20.8. The summed E-state index contributed by atoms with van der Waals surface area (Å²) in [6.07, 6.45) is 0.180. The molecule has 0 bridgehead atoms. The number of hydrogen-bond donors (Lipinski definition) is 0. The van der Waals surface area contributed by atoms with Crippen LogP contribution < -0.4 is 9.80 Å². The predicted octanol–water partition coefficient (Wildman–Crippen LogP) is 0.881. The zero-order chi connectivity index (χ0) is 18.0. The van der Waals surface area contributed by atoms with Crippen molar-refractivity contribution >= 4 is 29.2 Å². The number of anilines is 2. The first-order valence-electron chi connectivity index (χ1n) is 8.49. The molecule has 1 aromatic carbocycles. The molecule has 134 valence electrons. The Kier molecular flexibility index (Phi) is 4.92. The van der Waals surface area contributed by atoms with E-state index in [1.54, 1.807) is 11.8 Å². The molecular formula is C18H23N3O4. The van der Waals surface area contributed by atoms with Crippen LogP contribution in [0.15, 0.2) is 24.3 Å². The highest BCUT2D eigenvalue weighted by Crippen LogP contribution is 2.34. The van der Waals surface area contributed by atoms with E-state index in [1.807, 2.05) is 29.2 Å². The van der Waals surface area contributed by atoms with Crippen molar-refractivity contribution in [2.45, 2.75) is 13.3 Å². The molecule has 2 heterocycles. The highest BCUT2D eigenvalue weighted by Gasteiger charge is 2.37. The van der Waals surface area contributed by atoms with Gasteiger partial charge in [-0.1, -0.05) is 12.1 Å². The van der Waals surface area contributed by atoms with Crippen LogP contribution in [0, 0.1) is 5.92 Å². The summed E-state index contributed by atoms with van der Waals surface area (Å²) in [6.45, 7) is 4.71. The number of amides is 2. The maximum Gasteiger partial charge on any atom is 0.311 e. The zero-order valence-electron chi connectivity index (χ0n) is 14.6. The molecule has 0 spiro atoms. The van der Waals surface area contributed by atoms with Crippen LogP contribution in [0.3, 0.4) is 0 Å². The highest BCUT2D eigenvalue weighted by atomic mass is 16.5. The second kappa shape index (κ2) is 7.13. The summed E-state index contributed by atoms with van der Waals surface area (Å²) in [5.74, 6) is -0.739. The van der Waals surface area contributed by atoms with Gasteiger partial charge in [0.25, 0.3) is 0 Å². The zero-order valence-corrected chi connectivity index (χ0v) is 14.6. The van der Waals surface area contributed by atoms with Crippen LogP contribution >= 0.6 is 0 Å². The SMILES string of the molecule is COC(=O)[C@@H]1CC(=O)N(c2ccccc2N2CCN(C(C)=O)CC2)C1. The van der Waals surface area contributed by atoms with Gasteiger partial charge in [-0.2, -0.15) is 0 Å². The van der Waals surface area contributed by atoms with Gasteiger partial charge in [-0.15, -0.1) is 0 Å². The molecule has 7 heteroatoms. The van der Waals surface area contributed by atoms with Crippen LogP contribution in [0.25, 0.3) is 0 Å². The van der Waals surface area contributed by atoms with Crippen molar-refractivity contribution in [3.8, 4) is 0 Å². The van der Waals surface area contributed by atoms with Gasteiger partial charge in [-0.05, 0) is 12.1 Å². The average molecular weight is 345 g/mol. The van der Waals surface area contributed by atoms with Crippen molar-refractivity contribution in [2.24, 2.45) is 5.92 Å². The minimum absolute atomic E-state index is 0.0646. The number of benzene rings is 1. The molecule has 0 aromatic heterocycles. The molecule has 1 aromatic rings. The quantitative estimate of drug-likeness (QED) is 0.761.